The summed E-state index contributed by atoms with van der Waals surface area (Å²) < 4.78 is 41.7. The Morgan fingerprint density at radius 1 is 1.27 bits per heavy atom. The average Bonchev–Trinajstić information content (AvgIpc) is 3.16. The van der Waals surface area contributed by atoms with Crippen LogP contribution in [0.3, 0.4) is 0 Å². The Balaban J connectivity index is 1.97. The molecule has 1 N–H and O–H groups in total. The molecule has 1 aliphatic heterocycles. The third-order valence-corrected chi connectivity index (χ3v) is 3.94. The van der Waals surface area contributed by atoms with Crippen molar-refractivity contribution in [3.63, 3.8) is 0 Å². The summed E-state index contributed by atoms with van der Waals surface area (Å²) in [5, 5.41) is 19.0. The Labute approximate surface area is 124 Å². The van der Waals surface area contributed by atoms with Crippen molar-refractivity contribution in [3.05, 3.63) is 41.7 Å². The first-order valence-electron chi connectivity index (χ1n) is 6.67. The van der Waals surface area contributed by atoms with Gasteiger partial charge in [-0.3, -0.25) is 0 Å². The van der Waals surface area contributed by atoms with E-state index >= 15 is 0 Å². The zero-order chi connectivity index (χ0) is 15.8. The summed E-state index contributed by atoms with van der Waals surface area (Å²) in [6.45, 7) is 0.103. The van der Waals surface area contributed by atoms with Gasteiger partial charge < -0.3 is 5.32 Å². The van der Waals surface area contributed by atoms with Gasteiger partial charge in [-0.15, -0.1) is 5.10 Å². The average molecular weight is 307 g/mol. The number of aromatic nitrogens is 3. The van der Waals surface area contributed by atoms with Crippen LogP contribution in [0.4, 0.5) is 13.2 Å². The van der Waals surface area contributed by atoms with E-state index in [2.05, 4.69) is 15.6 Å². The molecule has 114 valence electrons. The van der Waals surface area contributed by atoms with Crippen molar-refractivity contribution in [2.45, 2.75) is 18.0 Å². The predicted octanol–water partition coefficient (Wildman–Crippen LogP) is 1.93. The lowest BCUT2D eigenvalue weighted by Crippen LogP contribution is -2.44. The number of benzene rings is 1. The molecule has 1 aliphatic rings. The number of alkyl halides is 3. The number of hydrogen-bond donors (Lipinski definition) is 1. The molecular weight excluding hydrogens is 295 g/mol. The maximum absolute atomic E-state index is 13.5. The van der Waals surface area contributed by atoms with Crippen LogP contribution in [-0.2, 0) is 5.41 Å². The SMILES string of the molecule is N#Cc1ccc(-n2cc(C3(C(F)(F)F)CCNC3)nn2)cc1. The molecule has 0 radical (unpaired) electrons. The molecule has 1 atom stereocenters. The molecule has 0 bridgehead atoms. The normalized spacial score (nSPS) is 21.7. The van der Waals surface area contributed by atoms with Crippen molar-refractivity contribution in [2.75, 3.05) is 13.1 Å². The summed E-state index contributed by atoms with van der Waals surface area (Å²) in [6, 6.07) is 8.36. The van der Waals surface area contributed by atoms with Gasteiger partial charge in [-0.2, -0.15) is 18.4 Å². The molecule has 1 aromatic heterocycles. The highest BCUT2D eigenvalue weighted by atomic mass is 19.4. The van der Waals surface area contributed by atoms with E-state index in [1.807, 2.05) is 6.07 Å². The monoisotopic (exact) mass is 307 g/mol. The fourth-order valence-electron chi connectivity index (χ4n) is 2.60. The minimum Gasteiger partial charge on any atom is -0.315 e. The smallest absolute Gasteiger partial charge is 0.315 e. The lowest BCUT2D eigenvalue weighted by atomic mass is 9.83. The first kappa shape index (κ1) is 14.5. The third kappa shape index (κ3) is 2.23. The Hall–Kier alpha value is -2.40. The van der Waals surface area contributed by atoms with Gasteiger partial charge in [-0.1, -0.05) is 5.21 Å². The van der Waals surface area contributed by atoms with Crippen LogP contribution >= 0.6 is 0 Å². The molecule has 5 nitrogen and oxygen atoms in total. The maximum Gasteiger partial charge on any atom is 0.401 e. The number of nitrogens with zero attached hydrogens (tertiary/aromatic N) is 4. The van der Waals surface area contributed by atoms with Gasteiger partial charge in [0.1, 0.15) is 5.41 Å². The topological polar surface area (TPSA) is 66.5 Å². The van der Waals surface area contributed by atoms with E-state index in [1.165, 1.54) is 10.9 Å². The lowest BCUT2D eigenvalue weighted by molar-refractivity contribution is -0.186. The van der Waals surface area contributed by atoms with E-state index in [9.17, 15) is 13.2 Å². The molecule has 2 aromatic rings. The van der Waals surface area contributed by atoms with Gasteiger partial charge in [0.15, 0.2) is 0 Å². The van der Waals surface area contributed by atoms with Gasteiger partial charge in [0, 0.05) is 6.54 Å². The zero-order valence-corrected chi connectivity index (χ0v) is 11.4. The largest absolute Gasteiger partial charge is 0.401 e. The highest BCUT2D eigenvalue weighted by Crippen LogP contribution is 2.44. The van der Waals surface area contributed by atoms with Crippen LogP contribution in [-0.4, -0.2) is 34.3 Å². The molecule has 0 amide bonds. The zero-order valence-electron chi connectivity index (χ0n) is 11.4. The molecule has 0 spiro atoms. The molecule has 1 saturated heterocycles. The Bertz CT molecular complexity index is 705. The summed E-state index contributed by atoms with van der Waals surface area (Å²) in [6.07, 6.45) is -3.13. The molecular formula is C14H12F3N5. The quantitative estimate of drug-likeness (QED) is 0.920. The van der Waals surface area contributed by atoms with E-state index in [4.69, 9.17) is 5.26 Å². The van der Waals surface area contributed by atoms with E-state index in [-0.39, 0.29) is 18.7 Å². The van der Waals surface area contributed by atoms with Gasteiger partial charge in [0.05, 0.1) is 29.2 Å². The van der Waals surface area contributed by atoms with Crippen molar-refractivity contribution in [3.8, 4) is 11.8 Å². The molecule has 2 heterocycles. The number of nitriles is 1. The maximum atomic E-state index is 13.5. The summed E-state index contributed by atoms with van der Waals surface area (Å²) in [4.78, 5) is 0. The molecule has 1 unspecified atom stereocenters. The van der Waals surface area contributed by atoms with Crippen molar-refractivity contribution in [2.24, 2.45) is 0 Å². The van der Waals surface area contributed by atoms with Crippen LogP contribution in [0.5, 0.6) is 0 Å². The van der Waals surface area contributed by atoms with Gasteiger partial charge >= 0.3 is 6.18 Å². The van der Waals surface area contributed by atoms with Gasteiger partial charge in [0.25, 0.3) is 0 Å². The molecule has 22 heavy (non-hydrogen) atoms. The van der Waals surface area contributed by atoms with Crippen LogP contribution < -0.4 is 5.32 Å². The molecule has 3 rings (SSSR count). The van der Waals surface area contributed by atoms with E-state index in [0.29, 0.717) is 17.8 Å². The Kier molecular flexibility index (Phi) is 3.37. The van der Waals surface area contributed by atoms with E-state index in [0.717, 1.165) is 0 Å². The Morgan fingerprint density at radius 3 is 2.55 bits per heavy atom. The fraction of sp³-hybridized carbons (Fsp3) is 0.357. The second-order valence-corrected chi connectivity index (χ2v) is 5.21. The van der Waals surface area contributed by atoms with Crippen LogP contribution in [0.1, 0.15) is 17.7 Å². The van der Waals surface area contributed by atoms with Crippen LogP contribution in [0.25, 0.3) is 5.69 Å². The first-order chi connectivity index (χ1) is 10.5. The summed E-state index contributed by atoms with van der Waals surface area (Å²) in [7, 11) is 0. The van der Waals surface area contributed by atoms with Gasteiger partial charge in [-0.25, -0.2) is 4.68 Å². The number of nitrogens with one attached hydrogen (secondary N) is 1. The molecule has 1 aromatic carbocycles. The first-order valence-corrected chi connectivity index (χ1v) is 6.67. The number of halogens is 3. The molecule has 8 heteroatoms. The van der Waals surface area contributed by atoms with Crippen molar-refractivity contribution >= 4 is 0 Å². The van der Waals surface area contributed by atoms with Crippen molar-refractivity contribution < 1.29 is 13.2 Å². The minimum absolute atomic E-state index is 0.0530. The summed E-state index contributed by atoms with van der Waals surface area (Å²) in [5.41, 5.74) is -1.05. The predicted molar refractivity (Wildman–Crippen MR) is 71.3 cm³/mol. The van der Waals surface area contributed by atoms with E-state index < -0.39 is 11.6 Å². The third-order valence-electron chi connectivity index (χ3n) is 3.94. The minimum atomic E-state index is -4.39. The number of rotatable bonds is 2. The second-order valence-electron chi connectivity index (χ2n) is 5.21. The van der Waals surface area contributed by atoms with E-state index in [1.54, 1.807) is 24.3 Å². The Morgan fingerprint density at radius 2 is 2.00 bits per heavy atom. The van der Waals surface area contributed by atoms with Crippen LogP contribution in [0.15, 0.2) is 30.5 Å². The lowest BCUT2D eigenvalue weighted by Gasteiger charge is -2.28. The molecule has 0 aliphatic carbocycles. The van der Waals surface area contributed by atoms with Crippen molar-refractivity contribution in [1.29, 1.82) is 5.26 Å². The van der Waals surface area contributed by atoms with Crippen LogP contribution in [0, 0.1) is 11.3 Å². The second kappa shape index (κ2) is 5.10. The standard InChI is InChI=1S/C14H12F3N5/c15-14(16,17)13(5-6-19-9-13)12-8-22(21-20-12)11-3-1-10(7-18)2-4-11/h1-4,8,19H,5-6,9H2. The highest BCUT2D eigenvalue weighted by Gasteiger charge is 2.59. The fourth-order valence-corrected chi connectivity index (χ4v) is 2.60. The molecule has 1 fully saturated rings. The summed E-state index contributed by atoms with van der Waals surface area (Å²) >= 11 is 0. The molecule has 0 saturated carbocycles. The number of hydrogen-bond acceptors (Lipinski definition) is 4. The van der Waals surface area contributed by atoms with Crippen LogP contribution in [0.2, 0.25) is 0 Å². The van der Waals surface area contributed by atoms with Crippen molar-refractivity contribution in [1.82, 2.24) is 20.3 Å². The van der Waals surface area contributed by atoms with Gasteiger partial charge in [0.2, 0.25) is 0 Å². The summed E-state index contributed by atoms with van der Waals surface area (Å²) in [5.74, 6) is 0. The van der Waals surface area contributed by atoms with Gasteiger partial charge in [-0.05, 0) is 37.2 Å². The highest BCUT2D eigenvalue weighted by molar-refractivity contribution is 5.39.